The van der Waals surface area contributed by atoms with Crippen LogP contribution in [-0.2, 0) is 9.53 Å². The molecule has 0 spiro atoms. The zero-order valence-electron chi connectivity index (χ0n) is 9.35. The summed E-state index contributed by atoms with van der Waals surface area (Å²) in [6.07, 6.45) is 5.19. The normalized spacial score (nSPS) is 10.3. The van der Waals surface area contributed by atoms with Gasteiger partial charge in [-0.25, -0.2) is 4.98 Å². The van der Waals surface area contributed by atoms with Crippen molar-refractivity contribution in [3.8, 4) is 0 Å². The number of nitrogens with zero attached hydrogens (tertiary/aromatic N) is 2. The molecule has 0 atom stereocenters. The van der Waals surface area contributed by atoms with E-state index in [9.17, 15) is 4.79 Å². The second kappa shape index (κ2) is 8.52. The number of unbranched alkanes of at least 4 members (excludes halogenated alkanes) is 2. The molecule has 1 aromatic rings. The average molecular weight is 260 g/mol. The molecule has 0 aliphatic heterocycles. The first kappa shape index (κ1) is 13.4. The predicted octanol–water partition coefficient (Wildman–Crippen LogP) is 2.75. The number of hydrogen-bond acceptors (Lipinski definition) is 6. The van der Waals surface area contributed by atoms with Gasteiger partial charge in [-0.1, -0.05) is 18.2 Å². The Bertz CT molecular complexity index is 291. The van der Waals surface area contributed by atoms with Gasteiger partial charge in [0.05, 0.1) is 6.61 Å². The summed E-state index contributed by atoms with van der Waals surface area (Å²) in [6.45, 7) is 2.31. The number of rotatable bonds is 8. The first-order chi connectivity index (χ1) is 7.83. The number of carbonyl (C=O) groups excluding carboxylic acids is 1. The first-order valence-corrected chi connectivity index (χ1v) is 7.14. The minimum atomic E-state index is -0.0840. The first-order valence-electron chi connectivity index (χ1n) is 5.38. The Hall–Kier alpha value is -0.620. The van der Waals surface area contributed by atoms with E-state index in [0.29, 0.717) is 13.0 Å². The van der Waals surface area contributed by atoms with E-state index < -0.39 is 0 Å². The van der Waals surface area contributed by atoms with E-state index >= 15 is 0 Å². The van der Waals surface area contributed by atoms with Crippen LogP contribution in [0.2, 0.25) is 0 Å². The van der Waals surface area contributed by atoms with Crippen LogP contribution in [0.3, 0.4) is 0 Å². The van der Waals surface area contributed by atoms with Crippen molar-refractivity contribution in [3.63, 3.8) is 0 Å². The van der Waals surface area contributed by atoms with Crippen molar-refractivity contribution < 1.29 is 9.53 Å². The Labute approximate surface area is 104 Å². The molecule has 0 saturated heterocycles. The van der Waals surface area contributed by atoms with Crippen LogP contribution in [0.4, 0.5) is 0 Å². The number of carbonyl (C=O) groups is 1. The van der Waals surface area contributed by atoms with Gasteiger partial charge < -0.3 is 4.74 Å². The van der Waals surface area contributed by atoms with Crippen LogP contribution in [-0.4, -0.2) is 27.7 Å². The summed E-state index contributed by atoms with van der Waals surface area (Å²) in [4.78, 5) is 15.1. The predicted molar refractivity (Wildman–Crippen MR) is 65.7 cm³/mol. The summed E-state index contributed by atoms with van der Waals surface area (Å²) in [7, 11) is 0. The SMILES string of the molecule is CCOC(=O)CCCCCSc1ncns1. The maximum Gasteiger partial charge on any atom is 0.305 e. The highest BCUT2D eigenvalue weighted by Gasteiger charge is 2.01. The van der Waals surface area contributed by atoms with Gasteiger partial charge in [-0.15, -0.1) is 0 Å². The molecule has 0 N–H and O–H groups in total. The molecule has 0 radical (unpaired) electrons. The van der Waals surface area contributed by atoms with Crippen molar-refractivity contribution in [1.29, 1.82) is 0 Å². The lowest BCUT2D eigenvalue weighted by atomic mass is 10.2. The Morgan fingerprint density at radius 2 is 2.38 bits per heavy atom. The fourth-order valence-corrected chi connectivity index (χ4v) is 2.68. The molecule has 1 rings (SSSR count). The van der Waals surface area contributed by atoms with Crippen LogP contribution in [0.5, 0.6) is 0 Å². The minimum absolute atomic E-state index is 0.0840. The second-order valence-corrected chi connectivity index (χ2v) is 5.29. The third-order valence-electron chi connectivity index (χ3n) is 1.90. The Kier molecular flexibility index (Phi) is 7.16. The molecule has 0 unspecified atom stereocenters. The Balaban J connectivity index is 1.90. The van der Waals surface area contributed by atoms with Crippen molar-refractivity contribution in [2.45, 2.75) is 36.9 Å². The number of thioether (sulfide) groups is 1. The number of ether oxygens (including phenoxy) is 1. The molecule has 4 nitrogen and oxygen atoms in total. The van der Waals surface area contributed by atoms with E-state index in [1.54, 1.807) is 18.1 Å². The van der Waals surface area contributed by atoms with Crippen molar-refractivity contribution in [2.75, 3.05) is 12.4 Å². The lowest BCUT2D eigenvalue weighted by molar-refractivity contribution is -0.143. The lowest BCUT2D eigenvalue weighted by Gasteiger charge is -2.01. The Morgan fingerprint density at radius 3 is 3.06 bits per heavy atom. The van der Waals surface area contributed by atoms with Crippen LogP contribution < -0.4 is 0 Å². The summed E-state index contributed by atoms with van der Waals surface area (Å²) in [5.41, 5.74) is 0. The smallest absolute Gasteiger partial charge is 0.305 e. The van der Waals surface area contributed by atoms with Gasteiger partial charge in [-0.05, 0) is 31.3 Å². The number of aromatic nitrogens is 2. The summed E-state index contributed by atoms with van der Waals surface area (Å²) in [5, 5.41) is 0. The van der Waals surface area contributed by atoms with Crippen molar-refractivity contribution in [2.24, 2.45) is 0 Å². The van der Waals surface area contributed by atoms with E-state index in [1.165, 1.54) is 11.5 Å². The number of hydrogen-bond donors (Lipinski definition) is 0. The minimum Gasteiger partial charge on any atom is -0.466 e. The molecule has 1 aromatic heterocycles. The molecule has 0 aromatic carbocycles. The molecule has 1 heterocycles. The quantitative estimate of drug-likeness (QED) is 0.408. The molecule has 16 heavy (non-hydrogen) atoms. The molecule has 90 valence electrons. The average Bonchev–Trinajstić information content (AvgIpc) is 2.76. The van der Waals surface area contributed by atoms with Crippen LogP contribution in [0, 0.1) is 0 Å². The number of esters is 1. The van der Waals surface area contributed by atoms with Gasteiger partial charge >= 0.3 is 5.97 Å². The maximum absolute atomic E-state index is 11.0. The van der Waals surface area contributed by atoms with Crippen molar-refractivity contribution >= 4 is 29.3 Å². The lowest BCUT2D eigenvalue weighted by Crippen LogP contribution is -2.03. The molecule has 6 heteroatoms. The summed E-state index contributed by atoms with van der Waals surface area (Å²) < 4.78 is 9.79. The van der Waals surface area contributed by atoms with Gasteiger partial charge in [0.15, 0.2) is 4.34 Å². The third kappa shape index (κ3) is 6.07. The van der Waals surface area contributed by atoms with E-state index in [2.05, 4.69) is 9.36 Å². The molecular formula is C10H16N2O2S2. The second-order valence-electron chi connectivity index (χ2n) is 3.17. The van der Waals surface area contributed by atoms with Gasteiger partial charge in [0.25, 0.3) is 0 Å². The van der Waals surface area contributed by atoms with Crippen LogP contribution >= 0.6 is 23.3 Å². The largest absolute Gasteiger partial charge is 0.466 e. The molecule has 0 saturated carbocycles. The molecular weight excluding hydrogens is 244 g/mol. The van der Waals surface area contributed by atoms with E-state index in [0.717, 1.165) is 29.4 Å². The zero-order valence-corrected chi connectivity index (χ0v) is 11.0. The maximum atomic E-state index is 11.0. The van der Waals surface area contributed by atoms with E-state index in [4.69, 9.17) is 4.74 Å². The highest BCUT2D eigenvalue weighted by molar-refractivity contribution is 8.00. The van der Waals surface area contributed by atoms with Crippen molar-refractivity contribution in [3.05, 3.63) is 6.33 Å². The summed E-state index contributed by atoms with van der Waals surface area (Å²) >= 11 is 3.15. The van der Waals surface area contributed by atoms with Gasteiger partial charge in [0.1, 0.15) is 6.33 Å². The van der Waals surface area contributed by atoms with Gasteiger partial charge in [-0.3, -0.25) is 4.79 Å². The monoisotopic (exact) mass is 260 g/mol. The zero-order chi connectivity index (χ0) is 11.6. The molecule has 0 aliphatic rings. The van der Waals surface area contributed by atoms with Crippen LogP contribution in [0.25, 0.3) is 0 Å². The topological polar surface area (TPSA) is 52.1 Å². The van der Waals surface area contributed by atoms with E-state index in [-0.39, 0.29) is 5.97 Å². The molecule has 0 amide bonds. The van der Waals surface area contributed by atoms with Crippen LogP contribution in [0.1, 0.15) is 32.6 Å². The third-order valence-corrected chi connectivity index (χ3v) is 3.78. The summed E-state index contributed by atoms with van der Waals surface area (Å²) in [5.74, 6) is 0.956. The van der Waals surface area contributed by atoms with Gasteiger partial charge in [0.2, 0.25) is 0 Å². The Morgan fingerprint density at radius 1 is 1.50 bits per heavy atom. The fraction of sp³-hybridized carbons (Fsp3) is 0.700. The highest BCUT2D eigenvalue weighted by atomic mass is 32.2. The van der Waals surface area contributed by atoms with Crippen LogP contribution in [0.15, 0.2) is 10.7 Å². The van der Waals surface area contributed by atoms with Crippen molar-refractivity contribution in [1.82, 2.24) is 9.36 Å². The fourth-order valence-electron chi connectivity index (χ4n) is 1.17. The molecule has 0 aliphatic carbocycles. The van der Waals surface area contributed by atoms with E-state index in [1.807, 2.05) is 6.92 Å². The van der Waals surface area contributed by atoms with Gasteiger partial charge in [0, 0.05) is 12.2 Å². The summed E-state index contributed by atoms with van der Waals surface area (Å²) in [6, 6.07) is 0. The standard InChI is InChI=1S/C10H16N2O2S2/c1-2-14-9(13)6-4-3-5-7-15-10-11-8-12-16-10/h8H,2-7H2,1H3. The van der Waals surface area contributed by atoms with Gasteiger partial charge in [-0.2, -0.15) is 4.37 Å². The highest BCUT2D eigenvalue weighted by Crippen LogP contribution is 2.19. The molecule has 0 fully saturated rings. The molecule has 0 bridgehead atoms.